The highest BCUT2D eigenvalue weighted by Crippen LogP contribution is 2.23. The average molecular weight is 497 g/mol. The van der Waals surface area contributed by atoms with Crippen molar-refractivity contribution in [3.63, 3.8) is 0 Å². The number of carbonyl (C=O) groups excluding carboxylic acids is 2. The van der Waals surface area contributed by atoms with Crippen molar-refractivity contribution in [2.75, 3.05) is 36.9 Å². The summed E-state index contributed by atoms with van der Waals surface area (Å²) in [5.41, 5.74) is 3.42. The van der Waals surface area contributed by atoms with Gasteiger partial charge in [-0.05, 0) is 48.2 Å². The third-order valence-corrected chi connectivity index (χ3v) is 6.84. The Hall–Kier alpha value is -4.22. The second kappa shape index (κ2) is 11.7. The number of nitrogens with one attached hydrogen (secondary N) is 2. The summed E-state index contributed by atoms with van der Waals surface area (Å²) in [4.78, 5) is 33.9. The molecule has 2 N–H and O–H groups in total. The molecule has 2 heterocycles. The van der Waals surface area contributed by atoms with Crippen LogP contribution in [0.4, 0.5) is 11.5 Å². The van der Waals surface area contributed by atoms with E-state index in [-0.39, 0.29) is 23.8 Å². The molecule has 0 saturated carbocycles. The summed E-state index contributed by atoms with van der Waals surface area (Å²) in [7, 11) is 1.81. The van der Waals surface area contributed by atoms with E-state index in [2.05, 4.69) is 28.6 Å². The fraction of sp³-hybridized carbons (Fsp3) is 0.310. The zero-order chi connectivity index (χ0) is 26.4. The molecule has 0 spiro atoms. The highest BCUT2D eigenvalue weighted by Gasteiger charge is 2.29. The van der Waals surface area contributed by atoms with E-state index in [0.29, 0.717) is 24.5 Å². The summed E-state index contributed by atoms with van der Waals surface area (Å²) in [6.07, 6.45) is 1.70. The maximum Gasteiger partial charge on any atom is 0.247 e. The molecule has 0 aliphatic carbocycles. The normalized spacial score (nSPS) is 17.1. The second-order valence-electron chi connectivity index (χ2n) is 9.41. The molecule has 2 amide bonds. The standard InChI is InChI=1S/C29H32N6O2/c1-20(23-11-9-22(17-30)10-12-23)18-32-27(24-7-5-4-6-8-24)28(36)33-26-14-13-25(19-31-26)35-16-15-34(3)29(37)21(35)2/h4-14,19-21,27,32H,15-16,18H2,1-3H3,(H,31,33,36)/t20-,21?,27?/m1/s1. The van der Waals surface area contributed by atoms with E-state index < -0.39 is 6.04 Å². The molecular weight excluding hydrogens is 464 g/mol. The van der Waals surface area contributed by atoms with E-state index in [1.807, 2.05) is 67.4 Å². The molecule has 1 fully saturated rings. The first-order chi connectivity index (χ1) is 17.9. The number of hydrogen-bond donors (Lipinski definition) is 2. The smallest absolute Gasteiger partial charge is 0.247 e. The first-order valence-electron chi connectivity index (χ1n) is 12.4. The van der Waals surface area contributed by atoms with Gasteiger partial charge >= 0.3 is 0 Å². The van der Waals surface area contributed by atoms with E-state index >= 15 is 0 Å². The number of aromatic nitrogens is 1. The van der Waals surface area contributed by atoms with Crippen LogP contribution in [0.1, 0.15) is 42.5 Å². The third-order valence-electron chi connectivity index (χ3n) is 6.84. The van der Waals surface area contributed by atoms with Crippen LogP contribution in [-0.4, -0.2) is 54.4 Å². The van der Waals surface area contributed by atoms with Crippen molar-refractivity contribution in [1.29, 1.82) is 5.26 Å². The largest absolute Gasteiger partial charge is 0.357 e. The van der Waals surface area contributed by atoms with Crippen molar-refractivity contribution in [2.45, 2.75) is 31.8 Å². The van der Waals surface area contributed by atoms with Crippen molar-refractivity contribution in [3.8, 4) is 6.07 Å². The zero-order valence-electron chi connectivity index (χ0n) is 21.4. The highest BCUT2D eigenvalue weighted by molar-refractivity contribution is 5.95. The molecule has 0 radical (unpaired) electrons. The van der Waals surface area contributed by atoms with Gasteiger partial charge in [-0.15, -0.1) is 0 Å². The minimum Gasteiger partial charge on any atom is -0.357 e. The highest BCUT2D eigenvalue weighted by atomic mass is 16.2. The van der Waals surface area contributed by atoms with Crippen LogP contribution in [0.2, 0.25) is 0 Å². The number of rotatable bonds is 8. The Morgan fingerprint density at radius 3 is 2.46 bits per heavy atom. The topological polar surface area (TPSA) is 101 Å². The molecule has 3 atom stereocenters. The molecule has 37 heavy (non-hydrogen) atoms. The summed E-state index contributed by atoms with van der Waals surface area (Å²) in [5, 5.41) is 15.4. The van der Waals surface area contributed by atoms with Crippen LogP contribution in [0, 0.1) is 11.3 Å². The number of hydrogen-bond acceptors (Lipinski definition) is 6. The number of carbonyl (C=O) groups is 2. The number of pyridine rings is 1. The minimum atomic E-state index is -0.571. The second-order valence-corrected chi connectivity index (χ2v) is 9.41. The third kappa shape index (κ3) is 6.13. The van der Waals surface area contributed by atoms with Crippen LogP contribution >= 0.6 is 0 Å². The quantitative estimate of drug-likeness (QED) is 0.493. The first kappa shape index (κ1) is 25.9. The molecule has 4 rings (SSSR count). The van der Waals surface area contributed by atoms with Gasteiger partial charge in [-0.25, -0.2) is 4.98 Å². The number of anilines is 2. The maximum atomic E-state index is 13.4. The lowest BCUT2D eigenvalue weighted by atomic mass is 9.98. The van der Waals surface area contributed by atoms with Gasteiger partial charge in [0.25, 0.3) is 0 Å². The maximum absolute atomic E-state index is 13.4. The molecule has 0 bridgehead atoms. The summed E-state index contributed by atoms with van der Waals surface area (Å²) >= 11 is 0. The van der Waals surface area contributed by atoms with Crippen molar-refractivity contribution in [1.82, 2.24) is 15.2 Å². The molecule has 3 aromatic rings. The predicted molar refractivity (Wildman–Crippen MR) is 144 cm³/mol. The van der Waals surface area contributed by atoms with Crippen molar-refractivity contribution < 1.29 is 9.59 Å². The van der Waals surface area contributed by atoms with Crippen LogP contribution in [0.15, 0.2) is 72.9 Å². The van der Waals surface area contributed by atoms with Crippen molar-refractivity contribution in [2.24, 2.45) is 0 Å². The van der Waals surface area contributed by atoms with E-state index in [0.717, 1.165) is 23.4 Å². The van der Waals surface area contributed by atoms with E-state index in [9.17, 15) is 9.59 Å². The molecule has 190 valence electrons. The van der Waals surface area contributed by atoms with E-state index in [4.69, 9.17) is 5.26 Å². The lowest BCUT2D eigenvalue weighted by molar-refractivity contribution is -0.132. The monoisotopic (exact) mass is 496 g/mol. The van der Waals surface area contributed by atoms with E-state index in [1.54, 1.807) is 29.3 Å². The average Bonchev–Trinajstić information content (AvgIpc) is 2.93. The summed E-state index contributed by atoms with van der Waals surface area (Å²) in [5.74, 6) is 0.458. The Balaban J connectivity index is 1.44. The van der Waals surface area contributed by atoms with Gasteiger partial charge < -0.3 is 20.4 Å². The fourth-order valence-corrected chi connectivity index (χ4v) is 4.50. The van der Waals surface area contributed by atoms with Gasteiger partial charge in [0.05, 0.1) is 23.5 Å². The lowest BCUT2D eigenvalue weighted by Crippen LogP contribution is -2.54. The fourth-order valence-electron chi connectivity index (χ4n) is 4.50. The molecule has 1 saturated heterocycles. The van der Waals surface area contributed by atoms with Crippen LogP contribution < -0.4 is 15.5 Å². The number of nitrogens with zero attached hydrogens (tertiary/aromatic N) is 4. The molecule has 1 aliphatic heterocycles. The number of likely N-dealkylation sites (N-methyl/N-ethyl adjacent to an activating group) is 1. The molecule has 2 unspecified atom stereocenters. The summed E-state index contributed by atoms with van der Waals surface area (Å²) in [6, 6.07) is 22.1. The van der Waals surface area contributed by atoms with Crippen LogP contribution in [0.5, 0.6) is 0 Å². The van der Waals surface area contributed by atoms with Crippen LogP contribution in [-0.2, 0) is 9.59 Å². The first-order valence-corrected chi connectivity index (χ1v) is 12.4. The summed E-state index contributed by atoms with van der Waals surface area (Å²) in [6.45, 7) is 5.93. The van der Waals surface area contributed by atoms with Crippen LogP contribution in [0.3, 0.4) is 0 Å². The minimum absolute atomic E-state index is 0.0793. The van der Waals surface area contributed by atoms with Crippen molar-refractivity contribution in [3.05, 3.63) is 89.6 Å². The zero-order valence-corrected chi connectivity index (χ0v) is 21.4. The predicted octanol–water partition coefficient (Wildman–Crippen LogP) is 3.69. The SMILES string of the molecule is CC1C(=O)N(C)CCN1c1ccc(NC(=O)C(NC[C@@H](C)c2ccc(C#N)cc2)c2ccccc2)nc1. The Morgan fingerprint density at radius 1 is 1.08 bits per heavy atom. The van der Waals surface area contributed by atoms with E-state index in [1.165, 1.54) is 0 Å². The number of nitriles is 1. The summed E-state index contributed by atoms with van der Waals surface area (Å²) < 4.78 is 0. The molecule has 1 aliphatic rings. The van der Waals surface area contributed by atoms with Gasteiger partial charge in [0, 0.05) is 26.7 Å². The Labute approximate surface area is 217 Å². The van der Waals surface area contributed by atoms with Gasteiger partial charge in [0.2, 0.25) is 11.8 Å². The molecule has 2 aromatic carbocycles. The molecule has 8 heteroatoms. The van der Waals surface area contributed by atoms with Gasteiger partial charge in [-0.3, -0.25) is 9.59 Å². The van der Waals surface area contributed by atoms with Gasteiger partial charge in [-0.1, -0.05) is 49.4 Å². The Bertz CT molecular complexity index is 1250. The van der Waals surface area contributed by atoms with Gasteiger partial charge in [-0.2, -0.15) is 5.26 Å². The van der Waals surface area contributed by atoms with Crippen LogP contribution in [0.25, 0.3) is 0 Å². The number of piperazine rings is 1. The Morgan fingerprint density at radius 2 is 1.81 bits per heavy atom. The van der Waals surface area contributed by atoms with Gasteiger partial charge in [0.15, 0.2) is 0 Å². The molecule has 8 nitrogen and oxygen atoms in total. The van der Waals surface area contributed by atoms with Gasteiger partial charge in [0.1, 0.15) is 17.9 Å². The molecular formula is C29H32N6O2. The lowest BCUT2D eigenvalue weighted by Gasteiger charge is -2.38. The van der Waals surface area contributed by atoms with Crippen molar-refractivity contribution >= 4 is 23.3 Å². The molecule has 1 aromatic heterocycles. The Kier molecular flexibility index (Phi) is 8.16. The number of amides is 2. The number of benzene rings is 2.